The molecule has 0 aromatic heterocycles. The third-order valence-electron chi connectivity index (χ3n) is 2.58. The van der Waals surface area contributed by atoms with Crippen LogP contribution in [0.2, 0.25) is 0 Å². The number of anilines is 1. The fraction of sp³-hybridized carbons (Fsp3) is 0.133. The molecule has 0 aliphatic carbocycles. The Balaban J connectivity index is 2.03. The highest BCUT2D eigenvalue weighted by Gasteiger charge is 2.07. The first-order valence-electron chi connectivity index (χ1n) is 5.91. The van der Waals surface area contributed by atoms with E-state index in [1.54, 1.807) is 6.07 Å². The molecule has 3 heteroatoms. The number of benzene rings is 2. The average Bonchev–Trinajstić information content (AvgIpc) is 2.40. The van der Waals surface area contributed by atoms with Crippen molar-refractivity contribution in [2.24, 2.45) is 0 Å². The third-order valence-corrected chi connectivity index (χ3v) is 2.58. The number of hydrogen-bond donors (Lipinski definition) is 1. The number of rotatable bonds is 3. The van der Waals surface area contributed by atoms with Crippen LogP contribution in [0.15, 0.2) is 54.6 Å². The van der Waals surface area contributed by atoms with Gasteiger partial charge in [0, 0.05) is 5.69 Å². The fourth-order valence-electron chi connectivity index (χ4n) is 1.66. The fourth-order valence-corrected chi connectivity index (χ4v) is 1.66. The van der Waals surface area contributed by atoms with Gasteiger partial charge in [0.2, 0.25) is 0 Å². The summed E-state index contributed by atoms with van der Waals surface area (Å²) in [7, 11) is 0. The lowest BCUT2D eigenvalue weighted by atomic mass is 10.1. The number of aryl methyl sites for hydroxylation is 1. The van der Waals surface area contributed by atoms with Crippen molar-refractivity contribution >= 4 is 11.8 Å². The molecule has 0 unspecified atom stereocenters. The second-order valence-corrected chi connectivity index (χ2v) is 3.84. The Labute approximate surface area is 106 Å². The highest BCUT2D eigenvalue weighted by molar-refractivity contribution is 5.86. The van der Waals surface area contributed by atoms with Crippen molar-refractivity contribution < 1.29 is 9.53 Å². The van der Waals surface area contributed by atoms with Gasteiger partial charge in [-0.3, -0.25) is 5.32 Å². The van der Waals surface area contributed by atoms with Crippen molar-refractivity contribution in [3.8, 4) is 5.75 Å². The average molecular weight is 241 g/mol. The highest BCUT2D eigenvalue weighted by Crippen LogP contribution is 2.19. The summed E-state index contributed by atoms with van der Waals surface area (Å²) in [6.07, 6.45) is 0.358. The molecule has 0 aliphatic rings. The van der Waals surface area contributed by atoms with Crippen molar-refractivity contribution in [2.45, 2.75) is 13.3 Å². The molecule has 0 saturated carbocycles. The molecule has 92 valence electrons. The summed E-state index contributed by atoms with van der Waals surface area (Å²) in [5.41, 5.74) is 1.73. The number of carbonyl (C=O) groups excluding carboxylic acids is 1. The molecule has 0 saturated heterocycles. The van der Waals surface area contributed by atoms with Gasteiger partial charge < -0.3 is 4.74 Å². The molecule has 2 rings (SSSR count). The monoisotopic (exact) mass is 241 g/mol. The van der Waals surface area contributed by atoms with Crippen LogP contribution in [-0.4, -0.2) is 6.09 Å². The van der Waals surface area contributed by atoms with Gasteiger partial charge in [-0.25, -0.2) is 4.79 Å². The first kappa shape index (κ1) is 12.2. The summed E-state index contributed by atoms with van der Waals surface area (Å²) in [5, 5.41) is 2.68. The summed E-state index contributed by atoms with van der Waals surface area (Å²) < 4.78 is 5.29. The number of para-hydroxylation sites is 2. The van der Waals surface area contributed by atoms with Crippen molar-refractivity contribution in [2.75, 3.05) is 5.32 Å². The van der Waals surface area contributed by atoms with E-state index in [0.29, 0.717) is 5.75 Å². The second kappa shape index (κ2) is 5.87. The van der Waals surface area contributed by atoms with Crippen LogP contribution in [0.1, 0.15) is 12.5 Å². The zero-order valence-electron chi connectivity index (χ0n) is 10.2. The van der Waals surface area contributed by atoms with Crippen LogP contribution in [0.25, 0.3) is 0 Å². The molecule has 18 heavy (non-hydrogen) atoms. The van der Waals surface area contributed by atoms with E-state index in [-0.39, 0.29) is 0 Å². The van der Waals surface area contributed by atoms with Gasteiger partial charge in [0.15, 0.2) is 0 Å². The van der Waals surface area contributed by atoms with Gasteiger partial charge in [-0.05, 0) is 30.2 Å². The van der Waals surface area contributed by atoms with E-state index in [4.69, 9.17) is 4.74 Å². The zero-order valence-corrected chi connectivity index (χ0v) is 10.2. The summed E-state index contributed by atoms with van der Waals surface area (Å²) in [6, 6.07) is 16.8. The molecule has 0 fully saturated rings. The lowest BCUT2D eigenvalue weighted by Gasteiger charge is -2.09. The Morgan fingerprint density at radius 2 is 1.72 bits per heavy atom. The molecule has 0 bridgehead atoms. The number of ether oxygens (including phenoxy) is 1. The first-order valence-corrected chi connectivity index (χ1v) is 5.91. The van der Waals surface area contributed by atoms with Gasteiger partial charge in [0.25, 0.3) is 0 Å². The van der Waals surface area contributed by atoms with E-state index in [0.717, 1.165) is 17.7 Å². The first-order chi connectivity index (χ1) is 8.79. The van der Waals surface area contributed by atoms with Crippen LogP contribution in [0.4, 0.5) is 10.5 Å². The molecule has 2 aromatic rings. The molecule has 1 N–H and O–H groups in total. The van der Waals surface area contributed by atoms with Crippen molar-refractivity contribution in [1.82, 2.24) is 0 Å². The summed E-state index contributed by atoms with van der Waals surface area (Å²) >= 11 is 0. The van der Waals surface area contributed by atoms with Gasteiger partial charge in [-0.1, -0.05) is 43.3 Å². The van der Waals surface area contributed by atoms with E-state index in [1.807, 2.05) is 55.5 Å². The maximum absolute atomic E-state index is 11.7. The standard InChI is InChI=1S/C15H15NO2/c1-2-12-8-6-7-11-14(12)18-15(17)16-13-9-4-3-5-10-13/h3-11H,2H2,1H3,(H,16,17). The molecule has 0 radical (unpaired) electrons. The van der Waals surface area contributed by atoms with Gasteiger partial charge in [-0.15, -0.1) is 0 Å². The molecule has 0 heterocycles. The Morgan fingerprint density at radius 1 is 1.06 bits per heavy atom. The van der Waals surface area contributed by atoms with Crippen LogP contribution in [-0.2, 0) is 6.42 Å². The summed E-state index contributed by atoms with van der Waals surface area (Å²) in [4.78, 5) is 11.7. The van der Waals surface area contributed by atoms with Gasteiger partial charge in [0.05, 0.1) is 0 Å². The van der Waals surface area contributed by atoms with Crippen LogP contribution < -0.4 is 10.1 Å². The van der Waals surface area contributed by atoms with Crippen LogP contribution >= 0.6 is 0 Å². The molecule has 2 aromatic carbocycles. The summed E-state index contributed by atoms with van der Waals surface area (Å²) in [6.45, 7) is 2.03. The predicted octanol–water partition coefficient (Wildman–Crippen LogP) is 3.86. The molecule has 1 amide bonds. The SMILES string of the molecule is CCc1ccccc1OC(=O)Nc1ccccc1. The van der Waals surface area contributed by atoms with Crippen LogP contribution in [0, 0.1) is 0 Å². The minimum atomic E-state index is -0.470. The van der Waals surface area contributed by atoms with Crippen molar-refractivity contribution in [3.63, 3.8) is 0 Å². The maximum Gasteiger partial charge on any atom is 0.417 e. The summed E-state index contributed by atoms with van der Waals surface area (Å²) in [5.74, 6) is 0.605. The highest BCUT2D eigenvalue weighted by atomic mass is 16.6. The Kier molecular flexibility index (Phi) is 3.97. The second-order valence-electron chi connectivity index (χ2n) is 3.84. The largest absolute Gasteiger partial charge is 0.417 e. The van der Waals surface area contributed by atoms with Crippen LogP contribution in [0.3, 0.4) is 0 Å². The van der Waals surface area contributed by atoms with E-state index in [9.17, 15) is 4.79 Å². The van der Waals surface area contributed by atoms with Crippen molar-refractivity contribution in [1.29, 1.82) is 0 Å². The van der Waals surface area contributed by atoms with Gasteiger partial charge >= 0.3 is 6.09 Å². The third kappa shape index (κ3) is 3.10. The van der Waals surface area contributed by atoms with E-state index in [1.165, 1.54) is 0 Å². The van der Waals surface area contributed by atoms with Crippen LogP contribution in [0.5, 0.6) is 5.75 Å². The van der Waals surface area contributed by atoms with Gasteiger partial charge in [0.1, 0.15) is 5.75 Å². The molecule has 0 atom stereocenters. The Morgan fingerprint density at radius 3 is 2.44 bits per heavy atom. The lowest BCUT2D eigenvalue weighted by Crippen LogP contribution is -2.17. The number of hydrogen-bond acceptors (Lipinski definition) is 2. The lowest BCUT2D eigenvalue weighted by molar-refractivity contribution is 0.215. The van der Waals surface area contributed by atoms with E-state index < -0.39 is 6.09 Å². The molecule has 0 aliphatic heterocycles. The smallest absolute Gasteiger partial charge is 0.410 e. The number of nitrogens with one attached hydrogen (secondary N) is 1. The zero-order chi connectivity index (χ0) is 12.8. The molecular formula is C15H15NO2. The Bertz CT molecular complexity index is 523. The van der Waals surface area contributed by atoms with Gasteiger partial charge in [-0.2, -0.15) is 0 Å². The quantitative estimate of drug-likeness (QED) is 0.886. The minimum absolute atomic E-state index is 0.470. The normalized spacial score (nSPS) is 9.83. The van der Waals surface area contributed by atoms with E-state index >= 15 is 0 Å². The topological polar surface area (TPSA) is 38.3 Å². The maximum atomic E-state index is 11.7. The minimum Gasteiger partial charge on any atom is -0.410 e. The van der Waals surface area contributed by atoms with Crippen molar-refractivity contribution in [3.05, 3.63) is 60.2 Å². The number of carbonyl (C=O) groups is 1. The number of amides is 1. The Hall–Kier alpha value is -2.29. The predicted molar refractivity (Wildman–Crippen MR) is 71.9 cm³/mol. The molecule has 0 spiro atoms. The molecular weight excluding hydrogens is 226 g/mol. The molecule has 3 nitrogen and oxygen atoms in total. The van der Waals surface area contributed by atoms with E-state index in [2.05, 4.69) is 5.32 Å².